The van der Waals surface area contributed by atoms with Crippen molar-refractivity contribution in [3.8, 4) is 6.07 Å². The number of amides is 1. The van der Waals surface area contributed by atoms with Crippen LogP contribution in [0.4, 0.5) is 10.6 Å². The highest BCUT2D eigenvalue weighted by Gasteiger charge is 2.35. The molecule has 0 radical (unpaired) electrons. The van der Waals surface area contributed by atoms with E-state index in [9.17, 15) is 4.79 Å². The lowest BCUT2D eigenvalue weighted by Crippen LogP contribution is -2.60. The van der Waals surface area contributed by atoms with E-state index in [2.05, 4.69) is 4.98 Å². The first-order valence-corrected chi connectivity index (χ1v) is 6.88. The summed E-state index contributed by atoms with van der Waals surface area (Å²) in [6, 6.07) is 7.48. The van der Waals surface area contributed by atoms with Gasteiger partial charge in [0.05, 0.1) is 6.04 Å². The molecule has 0 atom stereocenters. The second-order valence-corrected chi connectivity index (χ2v) is 6.14. The molecule has 0 aliphatic carbocycles. The number of ether oxygens (including phenoxy) is 1. The maximum atomic E-state index is 12.0. The molecule has 0 bridgehead atoms. The monoisotopic (exact) mass is 288 g/mol. The van der Waals surface area contributed by atoms with Crippen molar-refractivity contribution in [3.05, 3.63) is 23.9 Å². The Morgan fingerprint density at radius 2 is 2.14 bits per heavy atom. The number of nitriles is 1. The molecule has 112 valence electrons. The molecule has 1 aromatic rings. The van der Waals surface area contributed by atoms with E-state index in [1.807, 2.05) is 43.9 Å². The minimum atomic E-state index is -0.489. The van der Waals surface area contributed by atoms with Gasteiger partial charge in [-0.25, -0.2) is 9.78 Å². The largest absolute Gasteiger partial charge is 0.444 e. The van der Waals surface area contributed by atoms with Crippen molar-refractivity contribution < 1.29 is 9.53 Å². The van der Waals surface area contributed by atoms with Crippen LogP contribution in [-0.4, -0.2) is 47.8 Å². The van der Waals surface area contributed by atoms with Crippen molar-refractivity contribution in [2.45, 2.75) is 32.4 Å². The molecule has 21 heavy (non-hydrogen) atoms. The third-order valence-corrected chi connectivity index (χ3v) is 3.26. The maximum absolute atomic E-state index is 12.0. The second kappa shape index (κ2) is 5.60. The third-order valence-electron chi connectivity index (χ3n) is 3.26. The third kappa shape index (κ3) is 3.63. The molecule has 6 nitrogen and oxygen atoms in total. The first kappa shape index (κ1) is 15.1. The molecule has 0 unspecified atom stereocenters. The lowest BCUT2D eigenvalue weighted by atomic mass is 10.1. The summed E-state index contributed by atoms with van der Waals surface area (Å²) in [4.78, 5) is 19.9. The number of rotatable bonds is 2. The van der Waals surface area contributed by atoms with Crippen LogP contribution in [0.2, 0.25) is 0 Å². The molecule has 0 N–H and O–H groups in total. The molecule has 0 saturated carbocycles. The van der Waals surface area contributed by atoms with E-state index in [1.165, 1.54) is 0 Å². The molecule has 1 amide bonds. The average Bonchev–Trinajstić information content (AvgIpc) is 2.35. The van der Waals surface area contributed by atoms with Gasteiger partial charge in [-0.2, -0.15) is 5.26 Å². The van der Waals surface area contributed by atoms with E-state index in [1.54, 1.807) is 18.0 Å². The number of aromatic nitrogens is 1. The van der Waals surface area contributed by atoms with Gasteiger partial charge in [0.1, 0.15) is 23.2 Å². The zero-order valence-electron chi connectivity index (χ0n) is 12.8. The molecule has 2 heterocycles. The van der Waals surface area contributed by atoms with Gasteiger partial charge in [0.2, 0.25) is 0 Å². The maximum Gasteiger partial charge on any atom is 0.410 e. The summed E-state index contributed by atoms with van der Waals surface area (Å²) in [6.45, 7) is 6.94. The quantitative estimate of drug-likeness (QED) is 0.832. The van der Waals surface area contributed by atoms with Gasteiger partial charge in [-0.15, -0.1) is 0 Å². The molecule has 1 fully saturated rings. The predicted molar refractivity (Wildman–Crippen MR) is 79.0 cm³/mol. The summed E-state index contributed by atoms with van der Waals surface area (Å²) in [7, 11) is 1.75. The average molecular weight is 288 g/mol. The molecule has 1 aromatic heterocycles. The van der Waals surface area contributed by atoms with Crippen LogP contribution in [-0.2, 0) is 4.74 Å². The normalized spacial score (nSPS) is 15.1. The van der Waals surface area contributed by atoms with E-state index in [0.29, 0.717) is 18.8 Å². The lowest BCUT2D eigenvalue weighted by Gasteiger charge is -2.44. The number of likely N-dealkylation sites (N-methyl/N-ethyl adjacent to an activating group) is 1. The van der Waals surface area contributed by atoms with Crippen molar-refractivity contribution in [1.29, 1.82) is 5.26 Å². The summed E-state index contributed by atoms with van der Waals surface area (Å²) in [5.41, 5.74) is -0.0891. The molecule has 1 saturated heterocycles. The smallest absolute Gasteiger partial charge is 0.410 e. The highest BCUT2D eigenvalue weighted by Crippen LogP contribution is 2.22. The van der Waals surface area contributed by atoms with Crippen molar-refractivity contribution in [3.63, 3.8) is 0 Å². The summed E-state index contributed by atoms with van der Waals surface area (Å²) in [5.74, 6) is 0.767. The first-order chi connectivity index (χ1) is 9.80. The van der Waals surface area contributed by atoms with E-state index < -0.39 is 5.60 Å². The first-order valence-electron chi connectivity index (χ1n) is 6.88. The number of pyridine rings is 1. The van der Waals surface area contributed by atoms with Crippen LogP contribution in [0.25, 0.3) is 0 Å². The Morgan fingerprint density at radius 1 is 1.48 bits per heavy atom. The van der Waals surface area contributed by atoms with Gasteiger partial charge < -0.3 is 14.5 Å². The van der Waals surface area contributed by atoms with Crippen molar-refractivity contribution in [1.82, 2.24) is 9.88 Å². The van der Waals surface area contributed by atoms with Crippen LogP contribution in [0, 0.1) is 11.3 Å². The number of anilines is 1. The van der Waals surface area contributed by atoms with Crippen LogP contribution in [0.3, 0.4) is 0 Å². The summed E-state index contributed by atoms with van der Waals surface area (Å²) >= 11 is 0. The molecular formula is C15H20N4O2. The topological polar surface area (TPSA) is 69.5 Å². The van der Waals surface area contributed by atoms with E-state index >= 15 is 0 Å². The molecule has 0 spiro atoms. The van der Waals surface area contributed by atoms with Crippen molar-refractivity contribution >= 4 is 11.9 Å². The van der Waals surface area contributed by atoms with Gasteiger partial charge in [0, 0.05) is 20.1 Å². The van der Waals surface area contributed by atoms with Crippen LogP contribution in [0.5, 0.6) is 0 Å². The fraction of sp³-hybridized carbons (Fsp3) is 0.533. The number of hydrogen-bond donors (Lipinski definition) is 0. The molecule has 2 rings (SSSR count). The fourth-order valence-electron chi connectivity index (χ4n) is 2.03. The van der Waals surface area contributed by atoms with Gasteiger partial charge in [0.25, 0.3) is 0 Å². The highest BCUT2D eigenvalue weighted by molar-refractivity contribution is 5.69. The van der Waals surface area contributed by atoms with Crippen LogP contribution >= 0.6 is 0 Å². The number of hydrogen-bond acceptors (Lipinski definition) is 5. The molecule has 6 heteroatoms. The fourth-order valence-corrected chi connectivity index (χ4v) is 2.03. The van der Waals surface area contributed by atoms with E-state index in [4.69, 9.17) is 10.00 Å². The minimum absolute atomic E-state index is 0.104. The second-order valence-electron chi connectivity index (χ2n) is 6.14. The molecular weight excluding hydrogens is 268 g/mol. The Balaban J connectivity index is 1.91. The van der Waals surface area contributed by atoms with Gasteiger partial charge >= 0.3 is 6.09 Å². The van der Waals surface area contributed by atoms with Crippen LogP contribution in [0.15, 0.2) is 18.2 Å². The van der Waals surface area contributed by atoms with Crippen molar-refractivity contribution in [2.24, 2.45) is 0 Å². The lowest BCUT2D eigenvalue weighted by molar-refractivity contribution is 0.0196. The van der Waals surface area contributed by atoms with Crippen molar-refractivity contribution in [2.75, 3.05) is 25.0 Å². The van der Waals surface area contributed by atoms with E-state index in [0.717, 1.165) is 5.82 Å². The zero-order chi connectivity index (χ0) is 15.6. The Hall–Kier alpha value is -2.29. The minimum Gasteiger partial charge on any atom is -0.444 e. The Morgan fingerprint density at radius 3 is 2.71 bits per heavy atom. The van der Waals surface area contributed by atoms with E-state index in [-0.39, 0.29) is 12.1 Å². The van der Waals surface area contributed by atoms with Crippen LogP contribution in [0.1, 0.15) is 26.5 Å². The Bertz CT molecular complexity index is 568. The standard InChI is InChI=1S/C15H20N4O2/c1-15(2,3)21-14(20)18(4)12-9-19(10-12)13-7-5-6-11(8-16)17-13/h5-7,12H,9-10H2,1-4H3. The predicted octanol–water partition coefficient (Wildman–Crippen LogP) is 2.01. The Labute approximate surface area is 124 Å². The SMILES string of the molecule is CN(C(=O)OC(C)(C)C)C1CN(c2cccc(C#N)n2)C1. The number of carbonyl (C=O) groups is 1. The van der Waals surface area contributed by atoms with Gasteiger partial charge in [-0.05, 0) is 32.9 Å². The summed E-state index contributed by atoms with van der Waals surface area (Å²) in [5, 5.41) is 8.86. The summed E-state index contributed by atoms with van der Waals surface area (Å²) in [6.07, 6.45) is -0.314. The highest BCUT2D eigenvalue weighted by atomic mass is 16.6. The number of carbonyl (C=O) groups excluding carboxylic acids is 1. The Kier molecular flexibility index (Phi) is 4.03. The van der Waals surface area contributed by atoms with Crippen LogP contribution < -0.4 is 4.90 Å². The van der Waals surface area contributed by atoms with Gasteiger partial charge in [0.15, 0.2) is 0 Å². The van der Waals surface area contributed by atoms with Gasteiger partial charge in [-0.3, -0.25) is 0 Å². The summed E-state index contributed by atoms with van der Waals surface area (Å²) < 4.78 is 5.34. The number of nitrogens with zero attached hydrogens (tertiary/aromatic N) is 4. The zero-order valence-corrected chi connectivity index (χ0v) is 12.8. The molecule has 1 aliphatic rings. The molecule has 1 aliphatic heterocycles. The van der Waals surface area contributed by atoms with Gasteiger partial charge in [-0.1, -0.05) is 6.07 Å². The molecule has 0 aromatic carbocycles.